The van der Waals surface area contributed by atoms with Crippen LogP contribution >= 0.6 is 0 Å². The Hall–Kier alpha value is -3.55. The number of nitrogens with zero attached hydrogens (tertiary/aromatic N) is 4. The summed E-state index contributed by atoms with van der Waals surface area (Å²) in [4.78, 5) is 20.1. The molecular weight excluding hydrogens is 330 g/mol. The highest BCUT2D eigenvalue weighted by Gasteiger charge is 2.17. The third-order valence-corrected chi connectivity index (χ3v) is 3.85. The van der Waals surface area contributed by atoms with Gasteiger partial charge in [0.2, 0.25) is 0 Å². The van der Waals surface area contributed by atoms with Crippen LogP contribution in [0.15, 0.2) is 41.9 Å². The minimum atomic E-state index is -0.0546. The van der Waals surface area contributed by atoms with Gasteiger partial charge in [-0.15, -0.1) is 0 Å². The van der Waals surface area contributed by atoms with Crippen LogP contribution in [0.3, 0.4) is 0 Å². The van der Waals surface area contributed by atoms with Crippen molar-refractivity contribution in [2.45, 2.75) is 13.8 Å². The number of aliphatic imine (C=N–C) groups is 1. The smallest absolute Gasteiger partial charge is 0.200 e. The molecule has 0 aromatic carbocycles. The van der Waals surface area contributed by atoms with Crippen molar-refractivity contribution in [2.24, 2.45) is 4.99 Å². The lowest BCUT2D eigenvalue weighted by atomic mass is 10.1. The zero-order chi connectivity index (χ0) is 18.7. The van der Waals surface area contributed by atoms with Gasteiger partial charge in [0, 0.05) is 25.0 Å². The molecule has 4 N–H and O–H groups in total. The SMILES string of the molecule is CN/C=C\C(=N)N=C(C)c1c(O)[nH]c2cnc(-c3cnccc3C)nc12. The number of pyridine rings is 1. The summed E-state index contributed by atoms with van der Waals surface area (Å²) >= 11 is 0. The molecule has 0 aliphatic carbocycles. The molecule has 3 aromatic heterocycles. The van der Waals surface area contributed by atoms with E-state index in [1.54, 1.807) is 38.8 Å². The van der Waals surface area contributed by atoms with Gasteiger partial charge >= 0.3 is 0 Å². The first-order chi connectivity index (χ1) is 12.5. The Bertz CT molecular complexity index is 1030. The number of rotatable bonds is 4. The standard InChI is InChI=1S/C18H19N7O/c1-10-4-7-21-8-12(10)17-22-9-13-16(25-17)15(18(26)24-13)11(2)23-14(19)5-6-20-3/h4-9,19-20,24,26H,1-3H3/b6-5-,19-14?,23-11?. The summed E-state index contributed by atoms with van der Waals surface area (Å²) in [5, 5.41) is 21.0. The number of aromatic hydroxyl groups is 1. The van der Waals surface area contributed by atoms with Crippen LogP contribution in [0.2, 0.25) is 0 Å². The second-order valence-electron chi connectivity index (χ2n) is 5.70. The van der Waals surface area contributed by atoms with Crippen LogP contribution in [0.4, 0.5) is 0 Å². The Morgan fingerprint density at radius 2 is 2.19 bits per heavy atom. The van der Waals surface area contributed by atoms with Crippen LogP contribution in [0, 0.1) is 12.3 Å². The monoisotopic (exact) mass is 349 g/mol. The van der Waals surface area contributed by atoms with Gasteiger partial charge in [0.1, 0.15) is 11.4 Å². The van der Waals surface area contributed by atoms with Gasteiger partial charge in [0.05, 0.1) is 23.0 Å². The summed E-state index contributed by atoms with van der Waals surface area (Å²) in [6.45, 7) is 3.68. The molecule has 0 spiro atoms. The molecule has 0 unspecified atom stereocenters. The Morgan fingerprint density at radius 1 is 1.38 bits per heavy atom. The predicted octanol–water partition coefficient (Wildman–Crippen LogP) is 2.55. The molecule has 3 rings (SSSR count). The van der Waals surface area contributed by atoms with Gasteiger partial charge in [-0.2, -0.15) is 0 Å². The topological polar surface area (TPSA) is 123 Å². The highest BCUT2D eigenvalue weighted by atomic mass is 16.3. The Kier molecular flexibility index (Phi) is 4.74. The fourth-order valence-electron chi connectivity index (χ4n) is 2.57. The molecule has 0 aliphatic heterocycles. The van der Waals surface area contributed by atoms with Crippen LogP contribution in [-0.4, -0.2) is 43.6 Å². The zero-order valence-corrected chi connectivity index (χ0v) is 14.7. The normalized spacial score (nSPS) is 12.0. The maximum atomic E-state index is 10.3. The number of hydrogen-bond acceptors (Lipinski definition) is 6. The summed E-state index contributed by atoms with van der Waals surface area (Å²) in [5.74, 6) is 0.519. The van der Waals surface area contributed by atoms with E-state index >= 15 is 0 Å². The van der Waals surface area contributed by atoms with Crippen molar-refractivity contribution in [1.82, 2.24) is 25.3 Å². The lowest BCUT2D eigenvalue weighted by Crippen LogP contribution is -2.01. The van der Waals surface area contributed by atoms with Crippen molar-refractivity contribution in [1.29, 1.82) is 5.41 Å². The molecule has 3 aromatic rings. The Labute approximate surface area is 150 Å². The van der Waals surface area contributed by atoms with Gasteiger partial charge in [-0.1, -0.05) is 0 Å². The number of aromatic nitrogens is 4. The summed E-state index contributed by atoms with van der Waals surface area (Å²) in [5.41, 5.74) is 3.89. The number of hydrogen-bond donors (Lipinski definition) is 4. The van der Waals surface area contributed by atoms with Crippen molar-refractivity contribution in [3.05, 3.63) is 48.1 Å². The fourth-order valence-corrected chi connectivity index (χ4v) is 2.57. The van der Waals surface area contributed by atoms with Gasteiger partial charge in [-0.25, -0.2) is 15.0 Å². The van der Waals surface area contributed by atoms with Crippen molar-refractivity contribution in [3.63, 3.8) is 0 Å². The second kappa shape index (κ2) is 7.14. The fraction of sp³-hybridized carbons (Fsp3) is 0.167. The minimum Gasteiger partial charge on any atom is -0.494 e. The van der Waals surface area contributed by atoms with E-state index in [1.165, 1.54) is 6.08 Å². The second-order valence-corrected chi connectivity index (χ2v) is 5.70. The van der Waals surface area contributed by atoms with E-state index in [4.69, 9.17) is 5.41 Å². The van der Waals surface area contributed by atoms with Crippen LogP contribution in [0.25, 0.3) is 22.4 Å². The first kappa shape index (κ1) is 17.3. The van der Waals surface area contributed by atoms with Crippen molar-refractivity contribution in [2.75, 3.05) is 7.05 Å². The lowest BCUT2D eigenvalue weighted by Gasteiger charge is -2.04. The van der Waals surface area contributed by atoms with E-state index in [1.807, 2.05) is 13.0 Å². The molecule has 0 radical (unpaired) electrons. The lowest BCUT2D eigenvalue weighted by molar-refractivity contribution is 0.457. The molecule has 8 nitrogen and oxygen atoms in total. The number of aromatic amines is 1. The Morgan fingerprint density at radius 3 is 2.92 bits per heavy atom. The highest BCUT2D eigenvalue weighted by molar-refractivity contribution is 6.15. The van der Waals surface area contributed by atoms with Crippen LogP contribution in [0.1, 0.15) is 18.1 Å². The molecule has 0 saturated heterocycles. The number of H-pyrrole nitrogens is 1. The van der Waals surface area contributed by atoms with Gasteiger partial charge in [-0.05, 0) is 37.8 Å². The molecule has 3 heterocycles. The number of nitrogens with one attached hydrogen (secondary N) is 3. The average Bonchev–Trinajstić information content (AvgIpc) is 2.95. The van der Waals surface area contributed by atoms with Crippen LogP contribution in [-0.2, 0) is 0 Å². The third kappa shape index (κ3) is 3.30. The van der Waals surface area contributed by atoms with E-state index in [9.17, 15) is 5.11 Å². The third-order valence-electron chi connectivity index (χ3n) is 3.85. The number of amidine groups is 1. The van der Waals surface area contributed by atoms with E-state index in [-0.39, 0.29) is 11.7 Å². The van der Waals surface area contributed by atoms with E-state index < -0.39 is 0 Å². The maximum Gasteiger partial charge on any atom is 0.200 e. The van der Waals surface area contributed by atoms with Gasteiger partial charge in [-0.3, -0.25) is 10.4 Å². The van der Waals surface area contributed by atoms with Gasteiger partial charge in [0.25, 0.3) is 0 Å². The van der Waals surface area contributed by atoms with Gasteiger partial charge < -0.3 is 15.4 Å². The molecule has 0 aliphatic rings. The number of aryl methyl sites for hydroxylation is 1. The van der Waals surface area contributed by atoms with Crippen molar-refractivity contribution >= 4 is 22.6 Å². The first-order valence-electron chi connectivity index (χ1n) is 7.98. The molecule has 0 amide bonds. The average molecular weight is 349 g/mol. The maximum absolute atomic E-state index is 10.3. The number of fused-ring (bicyclic) bond motifs is 1. The zero-order valence-electron chi connectivity index (χ0n) is 14.7. The largest absolute Gasteiger partial charge is 0.494 e. The van der Waals surface area contributed by atoms with Crippen molar-refractivity contribution < 1.29 is 5.11 Å². The molecule has 0 fully saturated rings. The van der Waals surface area contributed by atoms with Crippen LogP contribution < -0.4 is 5.32 Å². The molecule has 0 saturated carbocycles. The van der Waals surface area contributed by atoms with Crippen LogP contribution in [0.5, 0.6) is 5.88 Å². The van der Waals surface area contributed by atoms with E-state index in [0.717, 1.165) is 11.1 Å². The summed E-state index contributed by atoms with van der Waals surface area (Å²) in [7, 11) is 1.74. The quantitative estimate of drug-likeness (QED) is 0.426. The van der Waals surface area contributed by atoms with Crippen molar-refractivity contribution in [3.8, 4) is 17.3 Å². The molecule has 0 atom stereocenters. The van der Waals surface area contributed by atoms with E-state index in [2.05, 4.69) is 30.2 Å². The predicted molar refractivity (Wildman–Crippen MR) is 102 cm³/mol. The molecule has 26 heavy (non-hydrogen) atoms. The van der Waals surface area contributed by atoms with E-state index in [0.29, 0.717) is 28.1 Å². The molecular formula is C18H19N7O. The highest BCUT2D eigenvalue weighted by Crippen LogP contribution is 2.28. The molecule has 8 heteroatoms. The first-order valence-corrected chi connectivity index (χ1v) is 7.98. The minimum absolute atomic E-state index is 0.0546. The summed E-state index contributed by atoms with van der Waals surface area (Å²) in [6.07, 6.45) is 8.18. The summed E-state index contributed by atoms with van der Waals surface area (Å²) in [6, 6.07) is 1.89. The van der Waals surface area contributed by atoms with Gasteiger partial charge in [0.15, 0.2) is 11.7 Å². The summed E-state index contributed by atoms with van der Waals surface area (Å²) < 4.78 is 0. The molecule has 132 valence electrons. The Balaban J connectivity index is 2.11. The molecule has 0 bridgehead atoms.